The van der Waals surface area contributed by atoms with Crippen molar-refractivity contribution >= 4 is 35.0 Å². The zero-order valence-corrected chi connectivity index (χ0v) is 17.2. The highest BCUT2D eigenvalue weighted by Crippen LogP contribution is 2.35. The number of halogens is 1. The van der Waals surface area contributed by atoms with E-state index in [1.807, 2.05) is 42.5 Å². The van der Waals surface area contributed by atoms with Gasteiger partial charge in [-0.2, -0.15) is 0 Å². The first-order valence-corrected chi connectivity index (χ1v) is 10.2. The second kappa shape index (κ2) is 9.43. The van der Waals surface area contributed by atoms with Gasteiger partial charge in [-0.25, -0.2) is 0 Å². The number of nitrogens with one attached hydrogen (secondary N) is 1. The lowest BCUT2D eigenvalue weighted by Gasteiger charge is -2.12. The van der Waals surface area contributed by atoms with Crippen LogP contribution >= 0.6 is 23.4 Å². The van der Waals surface area contributed by atoms with Crippen molar-refractivity contribution in [3.05, 3.63) is 102 Å². The van der Waals surface area contributed by atoms with E-state index in [1.54, 1.807) is 60.8 Å². The number of nitrogens with zero attached hydrogens (tertiary/aromatic N) is 2. The van der Waals surface area contributed by atoms with Gasteiger partial charge >= 0.3 is 0 Å². The van der Waals surface area contributed by atoms with Crippen LogP contribution in [0.4, 0.5) is 5.69 Å². The molecule has 2 aromatic carbocycles. The first-order chi connectivity index (χ1) is 14.7. The van der Waals surface area contributed by atoms with E-state index in [9.17, 15) is 4.79 Å². The summed E-state index contributed by atoms with van der Waals surface area (Å²) < 4.78 is 5.95. The van der Waals surface area contributed by atoms with E-state index in [0.29, 0.717) is 27.8 Å². The van der Waals surface area contributed by atoms with Crippen LogP contribution in [-0.2, 0) is 0 Å². The quantitative estimate of drug-likeness (QED) is 0.385. The van der Waals surface area contributed by atoms with Crippen molar-refractivity contribution in [3.63, 3.8) is 0 Å². The molecule has 0 radical (unpaired) electrons. The second-order valence-electron chi connectivity index (χ2n) is 6.23. The average Bonchev–Trinajstić information content (AvgIpc) is 2.76. The van der Waals surface area contributed by atoms with E-state index < -0.39 is 0 Å². The SMILES string of the molecule is O=C(Nc1cc(Oc2cccnc2)cc(Sc2ccc(Cl)cc2)c1)c1ccncc1. The summed E-state index contributed by atoms with van der Waals surface area (Å²) in [6.07, 6.45) is 6.48. The Kier molecular flexibility index (Phi) is 6.27. The molecule has 30 heavy (non-hydrogen) atoms. The van der Waals surface area contributed by atoms with Crippen molar-refractivity contribution < 1.29 is 9.53 Å². The molecule has 1 N–H and O–H groups in total. The topological polar surface area (TPSA) is 64.1 Å². The number of ether oxygens (including phenoxy) is 1. The third kappa shape index (κ3) is 5.37. The number of benzene rings is 2. The standard InChI is InChI=1S/C23H16ClN3O2S/c24-17-3-5-21(6-4-17)30-22-13-18(27-23(28)16-7-10-25-11-8-16)12-20(14-22)29-19-2-1-9-26-15-19/h1-15H,(H,27,28). The number of carbonyl (C=O) groups is 1. The van der Waals surface area contributed by atoms with Gasteiger partial charge in [-0.1, -0.05) is 23.4 Å². The lowest BCUT2D eigenvalue weighted by atomic mass is 10.2. The predicted octanol–water partition coefficient (Wildman–Crippen LogP) is 6.33. The van der Waals surface area contributed by atoms with Gasteiger partial charge in [-0.05, 0) is 60.7 Å². The van der Waals surface area contributed by atoms with E-state index in [1.165, 1.54) is 0 Å². The first kappa shape index (κ1) is 19.9. The van der Waals surface area contributed by atoms with Gasteiger partial charge < -0.3 is 10.1 Å². The van der Waals surface area contributed by atoms with Crippen molar-refractivity contribution in [3.8, 4) is 11.5 Å². The molecular weight excluding hydrogens is 418 g/mol. The fourth-order valence-electron chi connectivity index (χ4n) is 2.65. The molecule has 0 bridgehead atoms. The van der Waals surface area contributed by atoms with Crippen molar-refractivity contribution in [2.45, 2.75) is 9.79 Å². The Morgan fingerprint density at radius 3 is 2.40 bits per heavy atom. The van der Waals surface area contributed by atoms with Crippen LogP contribution in [0.3, 0.4) is 0 Å². The van der Waals surface area contributed by atoms with Crippen molar-refractivity contribution in [1.29, 1.82) is 0 Å². The molecule has 0 unspecified atom stereocenters. The smallest absolute Gasteiger partial charge is 0.255 e. The van der Waals surface area contributed by atoms with Crippen molar-refractivity contribution in [2.24, 2.45) is 0 Å². The molecule has 4 aromatic rings. The third-order valence-corrected chi connectivity index (χ3v) is 5.23. The summed E-state index contributed by atoms with van der Waals surface area (Å²) in [7, 11) is 0. The maximum atomic E-state index is 12.6. The third-order valence-electron chi connectivity index (χ3n) is 4.00. The molecule has 2 heterocycles. The highest BCUT2D eigenvalue weighted by Gasteiger charge is 2.10. The summed E-state index contributed by atoms with van der Waals surface area (Å²) in [5, 5.41) is 3.60. The highest BCUT2D eigenvalue weighted by molar-refractivity contribution is 7.99. The van der Waals surface area contributed by atoms with Crippen LogP contribution < -0.4 is 10.1 Å². The monoisotopic (exact) mass is 433 g/mol. The first-order valence-electron chi connectivity index (χ1n) is 9.03. The van der Waals surface area contributed by atoms with Gasteiger partial charge in [-0.3, -0.25) is 14.8 Å². The Hall–Kier alpha value is -3.35. The van der Waals surface area contributed by atoms with E-state index in [2.05, 4.69) is 15.3 Å². The molecule has 0 aliphatic rings. The summed E-state index contributed by atoms with van der Waals surface area (Å²) in [6.45, 7) is 0. The molecule has 0 spiro atoms. The molecular formula is C23H16ClN3O2S. The molecule has 0 atom stereocenters. The summed E-state index contributed by atoms with van der Waals surface area (Å²) >= 11 is 7.53. The number of hydrogen-bond acceptors (Lipinski definition) is 5. The number of hydrogen-bond donors (Lipinski definition) is 1. The molecule has 2 aromatic heterocycles. The van der Waals surface area contributed by atoms with Crippen LogP contribution in [-0.4, -0.2) is 15.9 Å². The van der Waals surface area contributed by atoms with Gasteiger partial charge in [0.05, 0.1) is 6.20 Å². The molecule has 0 saturated heterocycles. The lowest BCUT2D eigenvalue weighted by Crippen LogP contribution is -2.11. The van der Waals surface area contributed by atoms with Gasteiger partial charge in [0.15, 0.2) is 0 Å². The van der Waals surface area contributed by atoms with E-state index in [0.717, 1.165) is 9.79 Å². The molecule has 0 saturated carbocycles. The molecule has 5 nitrogen and oxygen atoms in total. The minimum atomic E-state index is -0.224. The van der Waals surface area contributed by atoms with Crippen LogP contribution in [0.25, 0.3) is 0 Å². The maximum absolute atomic E-state index is 12.6. The van der Waals surface area contributed by atoms with Crippen LogP contribution in [0.15, 0.2) is 101 Å². The summed E-state index contributed by atoms with van der Waals surface area (Å²) in [4.78, 5) is 22.5. The van der Waals surface area contributed by atoms with E-state index in [4.69, 9.17) is 16.3 Å². The zero-order valence-electron chi connectivity index (χ0n) is 15.7. The molecule has 1 amide bonds. The minimum Gasteiger partial charge on any atom is -0.456 e. The Morgan fingerprint density at radius 1 is 0.867 bits per heavy atom. The van der Waals surface area contributed by atoms with Gasteiger partial charge in [-0.15, -0.1) is 0 Å². The fraction of sp³-hybridized carbons (Fsp3) is 0. The number of rotatable bonds is 6. The Morgan fingerprint density at radius 2 is 1.67 bits per heavy atom. The number of carbonyl (C=O) groups excluding carboxylic acids is 1. The normalized spacial score (nSPS) is 10.4. The number of anilines is 1. The maximum Gasteiger partial charge on any atom is 0.255 e. The molecule has 7 heteroatoms. The molecule has 0 aliphatic heterocycles. The summed E-state index contributed by atoms with van der Waals surface area (Å²) in [5.41, 5.74) is 1.14. The molecule has 0 aliphatic carbocycles. The largest absolute Gasteiger partial charge is 0.456 e. The van der Waals surface area contributed by atoms with Gasteiger partial charge in [0.25, 0.3) is 5.91 Å². The number of aromatic nitrogens is 2. The van der Waals surface area contributed by atoms with Crippen LogP contribution in [0.5, 0.6) is 11.5 Å². The Bertz CT molecular complexity index is 1140. The van der Waals surface area contributed by atoms with Crippen LogP contribution in [0, 0.1) is 0 Å². The fourth-order valence-corrected chi connectivity index (χ4v) is 3.68. The van der Waals surface area contributed by atoms with E-state index in [-0.39, 0.29) is 5.91 Å². The number of amides is 1. The summed E-state index contributed by atoms with van der Waals surface area (Å²) in [6, 6.07) is 20.1. The Balaban J connectivity index is 1.62. The molecule has 0 fully saturated rings. The minimum absolute atomic E-state index is 0.224. The van der Waals surface area contributed by atoms with E-state index >= 15 is 0 Å². The van der Waals surface area contributed by atoms with Crippen molar-refractivity contribution in [2.75, 3.05) is 5.32 Å². The average molecular weight is 434 g/mol. The predicted molar refractivity (Wildman–Crippen MR) is 119 cm³/mol. The van der Waals surface area contributed by atoms with Crippen LogP contribution in [0.2, 0.25) is 5.02 Å². The number of pyridine rings is 2. The van der Waals surface area contributed by atoms with Gasteiger partial charge in [0.2, 0.25) is 0 Å². The zero-order chi connectivity index (χ0) is 20.8. The second-order valence-corrected chi connectivity index (χ2v) is 7.81. The van der Waals surface area contributed by atoms with Gasteiger partial charge in [0, 0.05) is 50.7 Å². The highest BCUT2D eigenvalue weighted by atomic mass is 35.5. The lowest BCUT2D eigenvalue weighted by molar-refractivity contribution is 0.102. The molecule has 4 rings (SSSR count). The Labute approximate surface area is 183 Å². The van der Waals surface area contributed by atoms with Crippen LogP contribution in [0.1, 0.15) is 10.4 Å². The summed E-state index contributed by atoms with van der Waals surface area (Å²) in [5.74, 6) is 0.975. The van der Waals surface area contributed by atoms with Gasteiger partial charge in [0.1, 0.15) is 11.5 Å². The van der Waals surface area contributed by atoms with Crippen molar-refractivity contribution in [1.82, 2.24) is 9.97 Å². The molecule has 148 valence electrons.